The van der Waals surface area contributed by atoms with Gasteiger partial charge in [0.1, 0.15) is 5.78 Å². The van der Waals surface area contributed by atoms with Crippen molar-refractivity contribution in [3.05, 3.63) is 0 Å². The van der Waals surface area contributed by atoms with Crippen LogP contribution in [0, 0.1) is 11.8 Å². The summed E-state index contributed by atoms with van der Waals surface area (Å²) in [4.78, 5) is 24.8. The monoisotopic (exact) mass is 209 g/mol. The summed E-state index contributed by atoms with van der Waals surface area (Å²) in [5.74, 6) is 1.45. The van der Waals surface area contributed by atoms with Crippen LogP contribution in [0.15, 0.2) is 0 Å². The summed E-state index contributed by atoms with van der Waals surface area (Å²) in [5.41, 5.74) is 0. The van der Waals surface area contributed by atoms with E-state index in [0.717, 1.165) is 6.42 Å². The van der Waals surface area contributed by atoms with Crippen molar-refractivity contribution in [2.24, 2.45) is 11.8 Å². The second-order valence-corrected chi connectivity index (χ2v) is 5.03. The molecule has 3 heteroatoms. The molecule has 84 valence electrons. The maximum atomic E-state index is 11.7. The number of hydrogen-bond donors (Lipinski definition) is 0. The lowest BCUT2D eigenvalue weighted by molar-refractivity contribution is -0.142. The van der Waals surface area contributed by atoms with Gasteiger partial charge in [-0.2, -0.15) is 0 Å². The summed E-state index contributed by atoms with van der Waals surface area (Å²) in [6.45, 7) is 5.13. The molecule has 0 spiro atoms. The largest absolute Gasteiger partial charge is 0.339 e. The van der Waals surface area contributed by atoms with Crippen LogP contribution in [0.5, 0.6) is 0 Å². The number of Topliss-reactive ketones (excluding diaryl/α,β-unsaturated/α-hetero) is 1. The van der Waals surface area contributed by atoms with E-state index in [4.69, 9.17) is 0 Å². The Labute approximate surface area is 90.8 Å². The smallest absolute Gasteiger partial charge is 0.230 e. The SMILES string of the molecule is CC1CCC(N2CCC(=O)CC2=O)C1C. The van der Waals surface area contributed by atoms with Crippen LogP contribution >= 0.6 is 0 Å². The Morgan fingerprint density at radius 3 is 2.47 bits per heavy atom. The molecule has 1 amide bonds. The zero-order valence-corrected chi connectivity index (χ0v) is 9.53. The standard InChI is InChI=1S/C12H19NO2/c1-8-3-4-11(9(8)2)13-6-5-10(14)7-12(13)15/h8-9,11H,3-7H2,1-2H3. The summed E-state index contributed by atoms with van der Waals surface area (Å²) in [6, 6.07) is 0.389. The van der Waals surface area contributed by atoms with Gasteiger partial charge in [0, 0.05) is 19.0 Å². The number of piperidine rings is 1. The average Bonchev–Trinajstić information content (AvgIpc) is 2.49. The maximum Gasteiger partial charge on any atom is 0.230 e. The Kier molecular flexibility index (Phi) is 2.81. The zero-order chi connectivity index (χ0) is 11.0. The van der Waals surface area contributed by atoms with E-state index in [1.807, 2.05) is 4.90 Å². The van der Waals surface area contributed by atoms with E-state index in [2.05, 4.69) is 13.8 Å². The van der Waals surface area contributed by atoms with Gasteiger partial charge >= 0.3 is 0 Å². The molecule has 2 fully saturated rings. The van der Waals surface area contributed by atoms with Crippen LogP contribution in [0.25, 0.3) is 0 Å². The topological polar surface area (TPSA) is 37.4 Å². The van der Waals surface area contributed by atoms with Crippen LogP contribution in [0.3, 0.4) is 0 Å². The van der Waals surface area contributed by atoms with Crippen molar-refractivity contribution in [3.63, 3.8) is 0 Å². The number of likely N-dealkylation sites (tertiary alicyclic amines) is 1. The molecule has 15 heavy (non-hydrogen) atoms. The third-order valence-electron chi connectivity index (χ3n) is 4.12. The van der Waals surface area contributed by atoms with Crippen molar-refractivity contribution in [1.29, 1.82) is 0 Å². The molecule has 0 N–H and O–H groups in total. The van der Waals surface area contributed by atoms with Crippen molar-refractivity contribution < 1.29 is 9.59 Å². The zero-order valence-electron chi connectivity index (χ0n) is 9.53. The van der Waals surface area contributed by atoms with Gasteiger partial charge in [0.15, 0.2) is 0 Å². The van der Waals surface area contributed by atoms with E-state index in [1.54, 1.807) is 0 Å². The highest BCUT2D eigenvalue weighted by Crippen LogP contribution is 2.35. The Morgan fingerprint density at radius 2 is 1.93 bits per heavy atom. The summed E-state index contributed by atoms with van der Waals surface area (Å²) < 4.78 is 0. The molecule has 1 heterocycles. The Morgan fingerprint density at radius 1 is 1.20 bits per heavy atom. The molecule has 1 aliphatic heterocycles. The third-order valence-corrected chi connectivity index (χ3v) is 4.12. The van der Waals surface area contributed by atoms with Crippen LogP contribution in [-0.2, 0) is 9.59 Å². The van der Waals surface area contributed by atoms with E-state index in [0.29, 0.717) is 30.8 Å². The van der Waals surface area contributed by atoms with Crippen LogP contribution in [0.2, 0.25) is 0 Å². The summed E-state index contributed by atoms with van der Waals surface area (Å²) >= 11 is 0. The maximum absolute atomic E-state index is 11.7. The molecule has 3 nitrogen and oxygen atoms in total. The lowest BCUT2D eigenvalue weighted by Crippen LogP contribution is -2.47. The van der Waals surface area contributed by atoms with Gasteiger partial charge in [0.2, 0.25) is 5.91 Å². The summed E-state index contributed by atoms with van der Waals surface area (Å²) in [7, 11) is 0. The predicted octanol–water partition coefficient (Wildman–Crippen LogP) is 1.61. The number of amides is 1. The predicted molar refractivity (Wildman–Crippen MR) is 57.3 cm³/mol. The van der Waals surface area contributed by atoms with E-state index >= 15 is 0 Å². The molecule has 0 aromatic carbocycles. The molecular formula is C12H19NO2. The number of carbonyl (C=O) groups excluding carboxylic acids is 2. The molecule has 3 atom stereocenters. The van der Waals surface area contributed by atoms with Crippen molar-refractivity contribution >= 4 is 11.7 Å². The first-order chi connectivity index (χ1) is 7.09. The molecule has 0 bridgehead atoms. The molecule has 1 saturated carbocycles. The number of nitrogens with zero attached hydrogens (tertiary/aromatic N) is 1. The van der Waals surface area contributed by atoms with E-state index in [9.17, 15) is 9.59 Å². The molecule has 1 aliphatic carbocycles. The van der Waals surface area contributed by atoms with Gasteiger partial charge in [-0.25, -0.2) is 0 Å². The number of carbonyl (C=O) groups is 2. The Bertz CT molecular complexity index is 287. The Hall–Kier alpha value is -0.860. The van der Waals surface area contributed by atoms with Gasteiger partial charge in [-0.15, -0.1) is 0 Å². The van der Waals surface area contributed by atoms with Crippen molar-refractivity contribution in [3.8, 4) is 0 Å². The minimum Gasteiger partial charge on any atom is -0.339 e. The summed E-state index contributed by atoms with van der Waals surface area (Å²) in [5, 5.41) is 0. The molecular weight excluding hydrogens is 190 g/mol. The molecule has 2 rings (SSSR count). The van der Waals surface area contributed by atoms with Crippen molar-refractivity contribution in [2.45, 2.75) is 45.6 Å². The normalized spacial score (nSPS) is 37.5. The fourth-order valence-electron chi connectivity index (χ4n) is 2.86. The second-order valence-electron chi connectivity index (χ2n) is 5.03. The van der Waals surface area contributed by atoms with Crippen molar-refractivity contribution in [2.75, 3.05) is 6.54 Å². The molecule has 1 saturated heterocycles. The van der Waals surface area contributed by atoms with Gasteiger partial charge in [-0.3, -0.25) is 9.59 Å². The molecule has 2 aliphatic rings. The molecule has 3 unspecified atom stereocenters. The molecule has 0 aromatic heterocycles. The van der Waals surface area contributed by atoms with Crippen molar-refractivity contribution in [1.82, 2.24) is 4.90 Å². The van der Waals surface area contributed by atoms with E-state index in [-0.39, 0.29) is 18.1 Å². The van der Waals surface area contributed by atoms with Gasteiger partial charge in [0.25, 0.3) is 0 Å². The van der Waals surface area contributed by atoms with Crippen LogP contribution in [-0.4, -0.2) is 29.2 Å². The van der Waals surface area contributed by atoms with Gasteiger partial charge in [-0.1, -0.05) is 13.8 Å². The Balaban J connectivity index is 2.05. The lowest BCUT2D eigenvalue weighted by Gasteiger charge is -2.35. The average molecular weight is 209 g/mol. The number of hydrogen-bond acceptors (Lipinski definition) is 2. The highest BCUT2D eigenvalue weighted by molar-refractivity contribution is 6.00. The first kappa shape index (κ1) is 10.7. The first-order valence-corrected chi connectivity index (χ1v) is 5.90. The number of rotatable bonds is 1. The third kappa shape index (κ3) is 1.92. The van der Waals surface area contributed by atoms with Crippen LogP contribution in [0.4, 0.5) is 0 Å². The minimum atomic E-state index is 0.0530. The highest BCUT2D eigenvalue weighted by atomic mass is 16.2. The molecule has 0 aromatic rings. The van der Waals surface area contributed by atoms with Crippen LogP contribution in [0.1, 0.15) is 39.5 Å². The van der Waals surface area contributed by atoms with E-state index < -0.39 is 0 Å². The van der Waals surface area contributed by atoms with Gasteiger partial charge in [0.05, 0.1) is 6.42 Å². The van der Waals surface area contributed by atoms with Gasteiger partial charge in [-0.05, 0) is 24.7 Å². The first-order valence-electron chi connectivity index (χ1n) is 5.90. The quantitative estimate of drug-likeness (QED) is 0.615. The van der Waals surface area contributed by atoms with E-state index in [1.165, 1.54) is 6.42 Å². The minimum absolute atomic E-state index is 0.0530. The number of ketones is 1. The van der Waals surface area contributed by atoms with Gasteiger partial charge < -0.3 is 4.90 Å². The fourth-order valence-corrected chi connectivity index (χ4v) is 2.86. The fraction of sp³-hybridized carbons (Fsp3) is 0.833. The highest BCUT2D eigenvalue weighted by Gasteiger charge is 2.38. The second kappa shape index (κ2) is 3.95. The lowest BCUT2D eigenvalue weighted by atomic mass is 9.95. The van der Waals surface area contributed by atoms with Crippen LogP contribution < -0.4 is 0 Å². The summed E-state index contributed by atoms with van der Waals surface area (Å²) in [6.07, 6.45) is 3.02. The molecule has 0 radical (unpaired) electrons.